The fraction of sp³-hybridized carbons (Fsp3) is 0.222. The molecule has 0 unspecified atom stereocenters. The summed E-state index contributed by atoms with van der Waals surface area (Å²) in [5, 5.41) is 0. The minimum absolute atomic E-state index is 0.0000926. The van der Waals surface area contributed by atoms with Gasteiger partial charge in [0.05, 0.1) is 4.90 Å². The normalized spacial score (nSPS) is 9.88. The van der Waals surface area contributed by atoms with E-state index in [1.54, 1.807) is 0 Å². The van der Waals surface area contributed by atoms with Crippen LogP contribution in [0.5, 0.6) is 0 Å². The monoisotopic (exact) mass is 244 g/mol. The lowest BCUT2D eigenvalue weighted by Crippen LogP contribution is -2.24. The highest BCUT2D eigenvalue weighted by Crippen LogP contribution is 2.13. The van der Waals surface area contributed by atoms with Crippen molar-refractivity contribution in [2.45, 2.75) is 18.7 Å². The molecule has 0 radical (unpaired) electrons. The Labute approximate surface area is 95.2 Å². The maximum Gasteiger partial charge on any atom is 0.285 e. The molecule has 16 heavy (non-hydrogen) atoms. The van der Waals surface area contributed by atoms with Crippen LogP contribution in [0.3, 0.4) is 0 Å². The van der Waals surface area contributed by atoms with Crippen LogP contribution in [0.2, 0.25) is 0 Å². The molecule has 0 aliphatic heterocycles. The zero-order valence-corrected chi connectivity index (χ0v) is 10.0. The van der Waals surface area contributed by atoms with Crippen LogP contribution in [0, 0.1) is 0 Å². The van der Waals surface area contributed by atoms with Crippen LogP contribution in [0.25, 0.3) is 0 Å². The van der Waals surface area contributed by atoms with E-state index in [9.17, 15) is 8.42 Å². The molecule has 0 heterocycles. The number of nitrogens with zero attached hydrogens (tertiary/aromatic N) is 1. The quantitative estimate of drug-likeness (QED) is 0.391. The third-order valence-electron chi connectivity index (χ3n) is 1.40. The first-order valence-electron chi connectivity index (χ1n) is 4.63. The van der Waals surface area contributed by atoms with Crippen molar-refractivity contribution in [1.82, 2.24) is 0 Å². The van der Waals surface area contributed by atoms with Gasteiger partial charge in [-0.15, -0.1) is 4.40 Å². The summed E-state index contributed by atoms with van der Waals surface area (Å²) < 4.78 is 25.8. The van der Waals surface area contributed by atoms with E-state index in [2.05, 4.69) is 4.40 Å². The van der Waals surface area contributed by atoms with Crippen molar-refractivity contribution in [3.8, 4) is 0 Å². The SMILES string of the molecule is CC.NC(N)=NS(=O)(=O)c1ccc(N)cc1. The molecular weight excluding hydrogens is 228 g/mol. The molecule has 90 valence electrons. The second-order valence-corrected chi connectivity index (χ2v) is 4.16. The number of nitrogens with two attached hydrogens (primary N) is 3. The molecule has 0 aliphatic carbocycles. The Morgan fingerprint density at radius 3 is 1.94 bits per heavy atom. The van der Waals surface area contributed by atoms with Crippen molar-refractivity contribution in [3.05, 3.63) is 24.3 Å². The van der Waals surface area contributed by atoms with Crippen LogP contribution in [-0.2, 0) is 10.0 Å². The molecule has 1 aromatic rings. The van der Waals surface area contributed by atoms with Crippen LogP contribution >= 0.6 is 0 Å². The summed E-state index contributed by atoms with van der Waals surface area (Å²) in [5.74, 6) is -0.498. The van der Waals surface area contributed by atoms with Crippen molar-refractivity contribution in [3.63, 3.8) is 0 Å². The standard InChI is InChI=1S/C7H10N4O2S.C2H6/c8-5-1-3-6(4-2-5)14(12,13)11-7(9)10;1-2/h1-4H,8H2,(H4,9,10,11);1-2H3. The van der Waals surface area contributed by atoms with Gasteiger partial charge in [-0.05, 0) is 24.3 Å². The molecule has 0 spiro atoms. The molecule has 0 aliphatic rings. The molecule has 0 aromatic heterocycles. The fourth-order valence-electron chi connectivity index (χ4n) is 0.831. The molecule has 1 aromatic carbocycles. The van der Waals surface area contributed by atoms with Crippen LogP contribution in [0.1, 0.15) is 13.8 Å². The largest absolute Gasteiger partial charge is 0.399 e. The van der Waals surface area contributed by atoms with Gasteiger partial charge in [0, 0.05) is 5.69 Å². The van der Waals surface area contributed by atoms with Gasteiger partial charge in [0.2, 0.25) is 5.96 Å². The topological polar surface area (TPSA) is 125 Å². The number of hydrogen-bond donors (Lipinski definition) is 3. The minimum atomic E-state index is -3.79. The average molecular weight is 244 g/mol. The van der Waals surface area contributed by atoms with Crippen LogP contribution in [0.4, 0.5) is 5.69 Å². The first-order valence-corrected chi connectivity index (χ1v) is 6.07. The van der Waals surface area contributed by atoms with Gasteiger partial charge < -0.3 is 17.2 Å². The highest BCUT2D eigenvalue weighted by molar-refractivity contribution is 7.90. The molecule has 7 heteroatoms. The third kappa shape index (κ3) is 4.18. The highest BCUT2D eigenvalue weighted by atomic mass is 32.2. The van der Waals surface area contributed by atoms with E-state index in [1.165, 1.54) is 24.3 Å². The summed E-state index contributed by atoms with van der Waals surface area (Å²) >= 11 is 0. The molecule has 6 N–H and O–H groups in total. The summed E-state index contributed by atoms with van der Waals surface area (Å²) in [6.07, 6.45) is 0. The predicted octanol–water partition coefficient (Wildman–Crippen LogP) is 0.257. The Bertz CT molecular complexity index is 447. The Hall–Kier alpha value is -1.76. The van der Waals surface area contributed by atoms with Crippen molar-refractivity contribution >= 4 is 21.7 Å². The molecule has 6 nitrogen and oxygen atoms in total. The molecular formula is C9H16N4O2S. The second-order valence-electron chi connectivity index (χ2n) is 2.56. The lowest BCUT2D eigenvalue weighted by Gasteiger charge is -1.99. The van der Waals surface area contributed by atoms with E-state index in [4.69, 9.17) is 17.2 Å². The lowest BCUT2D eigenvalue weighted by atomic mass is 10.3. The highest BCUT2D eigenvalue weighted by Gasteiger charge is 2.11. The van der Waals surface area contributed by atoms with Crippen molar-refractivity contribution in [1.29, 1.82) is 0 Å². The zero-order valence-electron chi connectivity index (χ0n) is 9.21. The van der Waals surface area contributed by atoms with E-state index < -0.39 is 16.0 Å². The zero-order chi connectivity index (χ0) is 12.8. The lowest BCUT2D eigenvalue weighted by molar-refractivity contribution is 0.598. The van der Waals surface area contributed by atoms with E-state index in [1.807, 2.05) is 13.8 Å². The first-order chi connectivity index (χ1) is 7.42. The molecule has 0 amide bonds. The van der Waals surface area contributed by atoms with Gasteiger partial charge in [-0.3, -0.25) is 0 Å². The smallest absolute Gasteiger partial charge is 0.285 e. The number of hydrogen-bond acceptors (Lipinski definition) is 3. The molecule has 0 saturated carbocycles. The summed E-state index contributed by atoms with van der Waals surface area (Å²) in [6, 6.07) is 5.57. The van der Waals surface area contributed by atoms with E-state index >= 15 is 0 Å². The second kappa shape index (κ2) is 5.96. The van der Waals surface area contributed by atoms with Gasteiger partial charge in [0.15, 0.2) is 0 Å². The van der Waals surface area contributed by atoms with Crippen LogP contribution < -0.4 is 17.2 Å². The Morgan fingerprint density at radius 2 is 1.56 bits per heavy atom. The summed E-state index contributed by atoms with van der Waals surface area (Å²) in [6.45, 7) is 4.00. The van der Waals surface area contributed by atoms with Gasteiger partial charge >= 0.3 is 0 Å². The van der Waals surface area contributed by atoms with E-state index in [0.717, 1.165) is 0 Å². The predicted molar refractivity (Wildman–Crippen MR) is 65.2 cm³/mol. The molecule has 1 rings (SSSR count). The number of guanidine groups is 1. The van der Waals surface area contributed by atoms with Gasteiger partial charge in [0.1, 0.15) is 0 Å². The maximum atomic E-state index is 11.4. The number of benzene rings is 1. The first kappa shape index (κ1) is 14.2. The van der Waals surface area contributed by atoms with Crippen molar-refractivity contribution < 1.29 is 8.42 Å². The summed E-state index contributed by atoms with van der Waals surface area (Å²) in [4.78, 5) is 0.0000926. The van der Waals surface area contributed by atoms with Crippen LogP contribution in [-0.4, -0.2) is 14.4 Å². The third-order valence-corrected chi connectivity index (χ3v) is 2.72. The van der Waals surface area contributed by atoms with Gasteiger partial charge in [-0.1, -0.05) is 13.8 Å². The number of anilines is 1. The van der Waals surface area contributed by atoms with Crippen molar-refractivity contribution in [2.24, 2.45) is 15.9 Å². The van der Waals surface area contributed by atoms with Gasteiger partial charge in [-0.2, -0.15) is 8.42 Å². The minimum Gasteiger partial charge on any atom is -0.399 e. The Morgan fingerprint density at radius 1 is 1.12 bits per heavy atom. The Balaban J connectivity index is 0.00000106. The molecule has 0 bridgehead atoms. The molecule has 0 atom stereocenters. The number of sulfonamides is 1. The van der Waals surface area contributed by atoms with E-state index in [0.29, 0.717) is 5.69 Å². The number of nitrogen functional groups attached to an aromatic ring is 1. The van der Waals surface area contributed by atoms with Crippen molar-refractivity contribution in [2.75, 3.05) is 5.73 Å². The fourth-order valence-corrected chi connectivity index (χ4v) is 1.69. The van der Waals surface area contributed by atoms with Gasteiger partial charge in [-0.25, -0.2) is 0 Å². The van der Waals surface area contributed by atoms with Crippen LogP contribution in [0.15, 0.2) is 33.6 Å². The average Bonchev–Trinajstić information content (AvgIpc) is 2.19. The van der Waals surface area contributed by atoms with E-state index in [-0.39, 0.29) is 4.90 Å². The summed E-state index contributed by atoms with van der Waals surface area (Å²) in [5.41, 5.74) is 15.8. The maximum absolute atomic E-state index is 11.4. The Kier molecular flexibility index (Phi) is 5.31. The molecule has 0 saturated heterocycles. The summed E-state index contributed by atoms with van der Waals surface area (Å²) in [7, 11) is -3.79. The van der Waals surface area contributed by atoms with Gasteiger partial charge in [0.25, 0.3) is 10.0 Å². The molecule has 0 fully saturated rings. The number of rotatable bonds is 2.